The van der Waals surface area contributed by atoms with Gasteiger partial charge in [0, 0.05) is 0 Å². The minimum absolute atomic E-state index is 0.0352. The lowest BCUT2D eigenvalue weighted by Crippen LogP contribution is -2.55. The molecule has 1 aromatic carbocycles. The van der Waals surface area contributed by atoms with Crippen LogP contribution >= 0.6 is 0 Å². The molecule has 3 N–H and O–H groups in total. The molecule has 30 heavy (non-hydrogen) atoms. The first kappa shape index (κ1) is 24.9. The molecule has 3 atom stereocenters. The highest BCUT2D eigenvalue weighted by Crippen LogP contribution is 2.12. The van der Waals surface area contributed by atoms with Gasteiger partial charge >= 0.3 is 18.0 Å². The number of alkyl carbamates (subject to hydrolysis) is 1. The fraction of sp³-hybridized carbons (Fsp3) is 0.524. The number of ether oxygens (including phenoxy) is 2. The summed E-state index contributed by atoms with van der Waals surface area (Å²) in [4.78, 5) is 48.0. The molecule has 0 radical (unpaired) electrons. The summed E-state index contributed by atoms with van der Waals surface area (Å²) in [5.41, 5.74) is 0.789. The van der Waals surface area contributed by atoms with Crippen LogP contribution in [0.15, 0.2) is 30.3 Å². The molecule has 0 aliphatic heterocycles. The molecule has 0 aliphatic carbocycles. The van der Waals surface area contributed by atoms with Crippen LogP contribution < -0.4 is 10.6 Å². The van der Waals surface area contributed by atoms with Crippen LogP contribution in [0.3, 0.4) is 0 Å². The number of nitrogens with one attached hydrogen (secondary N) is 2. The van der Waals surface area contributed by atoms with Crippen LogP contribution in [0.5, 0.6) is 0 Å². The van der Waals surface area contributed by atoms with Gasteiger partial charge in [-0.2, -0.15) is 0 Å². The molecule has 1 aromatic rings. The number of hydrogen-bond donors (Lipinski definition) is 3. The van der Waals surface area contributed by atoms with Crippen molar-refractivity contribution < 1.29 is 33.8 Å². The maximum absolute atomic E-state index is 12.7. The van der Waals surface area contributed by atoms with E-state index >= 15 is 0 Å². The van der Waals surface area contributed by atoms with Crippen molar-refractivity contribution in [2.45, 2.75) is 52.8 Å². The fourth-order valence-electron chi connectivity index (χ4n) is 2.72. The lowest BCUT2D eigenvalue weighted by molar-refractivity contribution is -0.147. The van der Waals surface area contributed by atoms with Gasteiger partial charge in [-0.3, -0.25) is 9.59 Å². The molecular formula is C21H30N2O7. The quantitative estimate of drug-likeness (QED) is 0.465. The summed E-state index contributed by atoms with van der Waals surface area (Å²) in [7, 11) is 0. The molecular weight excluding hydrogens is 392 g/mol. The van der Waals surface area contributed by atoms with Crippen molar-refractivity contribution in [1.29, 1.82) is 0 Å². The second-order valence-electron chi connectivity index (χ2n) is 7.24. The molecule has 166 valence electrons. The number of carboxylic acid groups (broad SMARTS) is 1. The highest BCUT2D eigenvalue weighted by molar-refractivity contribution is 5.89. The lowest BCUT2D eigenvalue weighted by atomic mass is 9.96. The Hall–Kier alpha value is -3.10. The number of carboxylic acids is 1. The molecule has 9 heteroatoms. The monoisotopic (exact) mass is 422 g/mol. The Balaban J connectivity index is 2.72. The fourth-order valence-corrected chi connectivity index (χ4v) is 2.72. The van der Waals surface area contributed by atoms with Crippen LogP contribution in [-0.2, 0) is 30.5 Å². The lowest BCUT2D eigenvalue weighted by Gasteiger charge is -2.26. The third-order valence-corrected chi connectivity index (χ3v) is 4.36. The normalized spacial score (nSPS) is 13.6. The second-order valence-corrected chi connectivity index (χ2v) is 7.24. The van der Waals surface area contributed by atoms with Crippen LogP contribution in [0, 0.1) is 11.8 Å². The van der Waals surface area contributed by atoms with E-state index in [4.69, 9.17) is 9.47 Å². The summed E-state index contributed by atoms with van der Waals surface area (Å²) in [6.07, 6.45) is -0.955. The van der Waals surface area contributed by atoms with E-state index in [2.05, 4.69) is 10.6 Å². The zero-order valence-corrected chi connectivity index (χ0v) is 17.7. The highest BCUT2D eigenvalue weighted by atomic mass is 16.5. The molecule has 0 fully saturated rings. The van der Waals surface area contributed by atoms with Crippen LogP contribution in [0.2, 0.25) is 0 Å². The number of esters is 1. The van der Waals surface area contributed by atoms with Gasteiger partial charge in [-0.25, -0.2) is 9.59 Å². The second kappa shape index (κ2) is 12.5. The average molecular weight is 422 g/mol. The molecule has 0 spiro atoms. The molecule has 0 unspecified atom stereocenters. The Labute approximate surface area is 176 Å². The third-order valence-electron chi connectivity index (χ3n) is 4.36. The minimum atomic E-state index is -1.31. The summed E-state index contributed by atoms with van der Waals surface area (Å²) < 4.78 is 9.96. The van der Waals surface area contributed by atoms with Crippen molar-refractivity contribution in [1.82, 2.24) is 10.6 Å². The summed E-state index contributed by atoms with van der Waals surface area (Å²) in [5.74, 6) is -3.54. The molecule has 2 amide bonds. The van der Waals surface area contributed by atoms with E-state index < -0.39 is 41.9 Å². The van der Waals surface area contributed by atoms with Crippen LogP contribution in [0.25, 0.3) is 0 Å². The number of carbonyl (C=O) groups is 4. The van der Waals surface area contributed by atoms with Gasteiger partial charge in [0.15, 0.2) is 0 Å². The van der Waals surface area contributed by atoms with Gasteiger partial charge in [-0.15, -0.1) is 0 Å². The first-order valence-corrected chi connectivity index (χ1v) is 9.81. The number of carbonyl (C=O) groups excluding carboxylic acids is 3. The molecule has 0 saturated carbocycles. The van der Waals surface area contributed by atoms with Gasteiger partial charge in [0.05, 0.1) is 13.0 Å². The summed E-state index contributed by atoms with van der Waals surface area (Å²) in [6.45, 7) is 6.81. The summed E-state index contributed by atoms with van der Waals surface area (Å²) in [5, 5.41) is 14.3. The number of rotatable bonds is 11. The number of amides is 2. The van der Waals surface area contributed by atoms with E-state index in [0.717, 1.165) is 5.56 Å². The van der Waals surface area contributed by atoms with Crippen molar-refractivity contribution in [3.63, 3.8) is 0 Å². The first-order valence-electron chi connectivity index (χ1n) is 9.81. The van der Waals surface area contributed by atoms with E-state index in [9.17, 15) is 24.3 Å². The van der Waals surface area contributed by atoms with E-state index in [1.807, 2.05) is 18.2 Å². The predicted octanol–water partition coefficient (Wildman–Crippen LogP) is 2.10. The maximum Gasteiger partial charge on any atom is 0.408 e. The van der Waals surface area contributed by atoms with E-state index in [0.29, 0.717) is 0 Å². The molecule has 0 heterocycles. The van der Waals surface area contributed by atoms with Crippen LogP contribution in [0.4, 0.5) is 4.79 Å². The Bertz CT molecular complexity index is 721. The number of aliphatic carboxylic acids is 1. The smallest absolute Gasteiger partial charge is 0.408 e. The van der Waals surface area contributed by atoms with Crippen LogP contribution in [-0.4, -0.2) is 47.7 Å². The van der Waals surface area contributed by atoms with Gasteiger partial charge in [0.1, 0.15) is 18.7 Å². The van der Waals surface area contributed by atoms with Gasteiger partial charge in [0.2, 0.25) is 5.91 Å². The van der Waals surface area contributed by atoms with Gasteiger partial charge in [-0.05, 0) is 24.3 Å². The van der Waals surface area contributed by atoms with Crippen molar-refractivity contribution in [3.8, 4) is 0 Å². The van der Waals surface area contributed by atoms with E-state index in [1.54, 1.807) is 32.9 Å². The zero-order chi connectivity index (χ0) is 22.7. The van der Waals surface area contributed by atoms with Crippen molar-refractivity contribution >= 4 is 23.9 Å². The van der Waals surface area contributed by atoms with Gasteiger partial charge in [-0.1, -0.05) is 51.1 Å². The molecule has 1 rings (SSSR count). The Kier molecular flexibility index (Phi) is 10.4. The average Bonchev–Trinajstić information content (AvgIpc) is 2.68. The Morgan fingerprint density at radius 3 is 2.13 bits per heavy atom. The first-order chi connectivity index (χ1) is 14.1. The maximum atomic E-state index is 12.7. The van der Waals surface area contributed by atoms with Crippen molar-refractivity contribution in [3.05, 3.63) is 35.9 Å². The van der Waals surface area contributed by atoms with Crippen LogP contribution in [0.1, 0.15) is 39.7 Å². The Morgan fingerprint density at radius 2 is 1.60 bits per heavy atom. The predicted molar refractivity (Wildman–Crippen MR) is 108 cm³/mol. The minimum Gasteiger partial charge on any atom is -0.480 e. The zero-order valence-electron chi connectivity index (χ0n) is 17.7. The molecule has 9 nitrogen and oxygen atoms in total. The highest BCUT2D eigenvalue weighted by Gasteiger charge is 2.33. The molecule has 0 aliphatic rings. The molecule has 0 aromatic heterocycles. The van der Waals surface area contributed by atoms with Gasteiger partial charge < -0.3 is 25.2 Å². The number of benzene rings is 1. The van der Waals surface area contributed by atoms with Gasteiger partial charge in [0.25, 0.3) is 0 Å². The standard InChI is InChI=1S/C21H30N2O7/c1-5-29-16(24)11-14(4)18(20(26)27)22-19(25)17(13(2)3)23-21(28)30-12-15-9-7-6-8-10-15/h6-10,13-14,17-18H,5,11-12H2,1-4H3,(H,22,25)(H,23,28)(H,26,27)/t14-,17+,18-/m1/s1. The van der Waals surface area contributed by atoms with E-state index in [1.165, 1.54) is 6.92 Å². The summed E-state index contributed by atoms with van der Waals surface area (Å²) >= 11 is 0. The van der Waals surface area contributed by atoms with Crippen molar-refractivity contribution in [2.75, 3.05) is 6.61 Å². The Morgan fingerprint density at radius 1 is 0.967 bits per heavy atom. The van der Waals surface area contributed by atoms with Crippen molar-refractivity contribution in [2.24, 2.45) is 11.8 Å². The largest absolute Gasteiger partial charge is 0.480 e. The number of hydrogen-bond acceptors (Lipinski definition) is 6. The van der Waals surface area contributed by atoms with E-state index in [-0.39, 0.29) is 25.6 Å². The molecule has 0 bridgehead atoms. The summed E-state index contributed by atoms with van der Waals surface area (Å²) in [6, 6.07) is 6.72. The SMILES string of the molecule is CCOC(=O)C[C@@H](C)[C@@H](NC(=O)[C@@H](NC(=O)OCc1ccccc1)C(C)C)C(=O)O. The third kappa shape index (κ3) is 8.50. The topological polar surface area (TPSA) is 131 Å². The molecule has 0 saturated heterocycles.